The molecule has 0 aliphatic carbocycles. The Hall–Kier alpha value is -1.61. The molecule has 0 atom stereocenters. The van der Waals surface area contributed by atoms with E-state index >= 15 is 0 Å². The lowest BCUT2D eigenvalue weighted by Crippen LogP contribution is -2.27. The summed E-state index contributed by atoms with van der Waals surface area (Å²) in [5, 5.41) is 0.436. The van der Waals surface area contributed by atoms with Gasteiger partial charge in [0.05, 0.1) is 9.79 Å². The van der Waals surface area contributed by atoms with E-state index in [9.17, 15) is 16.8 Å². The first-order valence-electron chi connectivity index (χ1n) is 8.01. The number of halogens is 1. The van der Waals surface area contributed by atoms with Crippen molar-refractivity contribution in [2.24, 2.45) is 0 Å². The topological polar surface area (TPSA) is 83.6 Å². The molecule has 0 heterocycles. The van der Waals surface area contributed by atoms with E-state index in [2.05, 4.69) is 4.72 Å². The first-order chi connectivity index (χ1) is 12.2. The second kappa shape index (κ2) is 8.39. The number of rotatable bonds is 8. The second-order valence-electron chi connectivity index (χ2n) is 5.76. The Morgan fingerprint density at radius 2 is 1.46 bits per heavy atom. The molecule has 2 aromatic rings. The van der Waals surface area contributed by atoms with Gasteiger partial charge in [-0.3, -0.25) is 4.72 Å². The van der Waals surface area contributed by atoms with Gasteiger partial charge in [-0.1, -0.05) is 24.9 Å². The van der Waals surface area contributed by atoms with E-state index in [1.165, 1.54) is 59.9 Å². The zero-order valence-corrected chi connectivity index (χ0v) is 16.9. The van der Waals surface area contributed by atoms with Crippen molar-refractivity contribution in [1.29, 1.82) is 0 Å². The van der Waals surface area contributed by atoms with Crippen LogP contribution < -0.4 is 4.72 Å². The van der Waals surface area contributed by atoms with Crippen LogP contribution in [0.4, 0.5) is 5.69 Å². The van der Waals surface area contributed by atoms with Crippen molar-refractivity contribution in [1.82, 2.24) is 4.31 Å². The minimum absolute atomic E-state index is 0.0675. The standard InChI is InChI=1S/C17H21ClN2O4S2/c1-3-4-13-20(2)26(23,24)17-11-7-15(8-12-17)19-25(21,22)16-9-5-14(18)6-10-16/h5-12,19H,3-4,13H2,1-2H3. The normalized spacial score (nSPS) is 12.3. The number of hydrogen-bond acceptors (Lipinski definition) is 4. The number of anilines is 1. The first-order valence-corrected chi connectivity index (χ1v) is 11.3. The number of nitrogens with one attached hydrogen (secondary N) is 1. The predicted molar refractivity (Wildman–Crippen MR) is 103 cm³/mol. The third-order valence-corrected chi connectivity index (χ3v) is 7.29. The van der Waals surface area contributed by atoms with Gasteiger partial charge >= 0.3 is 0 Å². The average Bonchev–Trinajstić information content (AvgIpc) is 2.60. The average molecular weight is 417 g/mol. The van der Waals surface area contributed by atoms with Crippen LogP contribution in [0.5, 0.6) is 0 Å². The van der Waals surface area contributed by atoms with E-state index in [0.717, 1.165) is 12.8 Å². The Labute approximate surface area is 159 Å². The van der Waals surface area contributed by atoms with Gasteiger partial charge in [0.15, 0.2) is 0 Å². The van der Waals surface area contributed by atoms with Crippen molar-refractivity contribution >= 4 is 37.3 Å². The Bertz CT molecular complexity index is 941. The van der Waals surface area contributed by atoms with Crippen molar-refractivity contribution in [3.05, 3.63) is 53.6 Å². The Morgan fingerprint density at radius 1 is 0.923 bits per heavy atom. The third kappa shape index (κ3) is 4.97. The number of unbranched alkanes of at least 4 members (excludes halogenated alkanes) is 1. The molecule has 6 nitrogen and oxygen atoms in total. The van der Waals surface area contributed by atoms with Crippen molar-refractivity contribution < 1.29 is 16.8 Å². The van der Waals surface area contributed by atoms with Crippen LogP contribution in [0.3, 0.4) is 0 Å². The zero-order valence-electron chi connectivity index (χ0n) is 14.5. The van der Waals surface area contributed by atoms with E-state index in [0.29, 0.717) is 11.6 Å². The number of nitrogens with zero attached hydrogens (tertiary/aromatic N) is 1. The van der Waals surface area contributed by atoms with Crippen LogP contribution in [0.15, 0.2) is 58.3 Å². The molecule has 26 heavy (non-hydrogen) atoms. The van der Waals surface area contributed by atoms with Crippen LogP contribution >= 0.6 is 11.6 Å². The first kappa shape index (κ1) is 20.7. The van der Waals surface area contributed by atoms with Gasteiger partial charge in [-0.2, -0.15) is 0 Å². The molecule has 0 aromatic heterocycles. The fourth-order valence-corrected chi connectivity index (χ4v) is 4.60. The number of hydrogen-bond donors (Lipinski definition) is 1. The smallest absolute Gasteiger partial charge is 0.261 e. The van der Waals surface area contributed by atoms with E-state index in [1.807, 2.05) is 6.92 Å². The second-order valence-corrected chi connectivity index (χ2v) is 9.93. The zero-order chi connectivity index (χ0) is 19.4. The Morgan fingerprint density at radius 3 is 2.00 bits per heavy atom. The molecule has 0 radical (unpaired) electrons. The van der Waals surface area contributed by atoms with Gasteiger partial charge in [0, 0.05) is 24.3 Å². The summed E-state index contributed by atoms with van der Waals surface area (Å²) in [4.78, 5) is 0.184. The summed E-state index contributed by atoms with van der Waals surface area (Å²) in [7, 11) is -5.83. The molecular weight excluding hydrogens is 396 g/mol. The molecule has 0 aliphatic heterocycles. The maximum atomic E-state index is 12.5. The predicted octanol–water partition coefficient (Wildman–Crippen LogP) is 3.56. The van der Waals surface area contributed by atoms with Crippen LogP contribution in [-0.4, -0.2) is 34.7 Å². The summed E-state index contributed by atoms with van der Waals surface area (Å²) in [6.07, 6.45) is 1.67. The molecule has 0 bridgehead atoms. The minimum Gasteiger partial charge on any atom is -0.280 e. The maximum Gasteiger partial charge on any atom is 0.261 e. The van der Waals surface area contributed by atoms with E-state index in [-0.39, 0.29) is 15.5 Å². The molecule has 0 unspecified atom stereocenters. The highest BCUT2D eigenvalue weighted by molar-refractivity contribution is 7.92. The Balaban J connectivity index is 2.18. The summed E-state index contributed by atoms with van der Waals surface area (Å²) in [6, 6.07) is 11.4. The summed E-state index contributed by atoms with van der Waals surface area (Å²) in [5.41, 5.74) is 0.273. The molecule has 2 aromatic carbocycles. The maximum absolute atomic E-state index is 12.5. The van der Waals surface area contributed by atoms with Crippen LogP contribution in [0.1, 0.15) is 19.8 Å². The molecule has 142 valence electrons. The van der Waals surface area contributed by atoms with Crippen molar-refractivity contribution in [3.63, 3.8) is 0 Å². The summed E-state index contributed by atoms with van der Waals surface area (Å²) < 4.78 is 53.3. The highest BCUT2D eigenvalue weighted by Crippen LogP contribution is 2.21. The molecule has 0 amide bonds. The van der Waals surface area contributed by atoms with Crippen molar-refractivity contribution in [2.75, 3.05) is 18.3 Å². The fourth-order valence-electron chi connectivity index (χ4n) is 2.20. The van der Waals surface area contributed by atoms with Gasteiger partial charge in [-0.15, -0.1) is 0 Å². The monoisotopic (exact) mass is 416 g/mol. The van der Waals surface area contributed by atoms with E-state index in [4.69, 9.17) is 11.6 Å². The third-order valence-electron chi connectivity index (χ3n) is 3.77. The van der Waals surface area contributed by atoms with E-state index in [1.54, 1.807) is 0 Å². The quantitative estimate of drug-likeness (QED) is 0.713. The number of sulfonamides is 2. The molecule has 0 saturated heterocycles. The highest BCUT2D eigenvalue weighted by Gasteiger charge is 2.20. The summed E-state index contributed by atoms with van der Waals surface area (Å²) in [5.74, 6) is 0. The SMILES string of the molecule is CCCCN(C)S(=O)(=O)c1ccc(NS(=O)(=O)c2ccc(Cl)cc2)cc1. The molecular formula is C17H21ClN2O4S2. The minimum atomic E-state index is -3.78. The molecule has 0 fully saturated rings. The summed E-state index contributed by atoms with van der Waals surface area (Å²) in [6.45, 7) is 2.42. The Kier molecular flexibility index (Phi) is 6.68. The lowest BCUT2D eigenvalue weighted by molar-refractivity contribution is 0.459. The van der Waals surface area contributed by atoms with Crippen molar-refractivity contribution in [2.45, 2.75) is 29.6 Å². The van der Waals surface area contributed by atoms with Crippen LogP contribution in [0, 0.1) is 0 Å². The van der Waals surface area contributed by atoms with Gasteiger partial charge in [-0.05, 0) is 55.0 Å². The summed E-state index contributed by atoms with van der Waals surface area (Å²) >= 11 is 5.76. The van der Waals surface area contributed by atoms with Crippen LogP contribution in [-0.2, 0) is 20.0 Å². The van der Waals surface area contributed by atoms with Crippen LogP contribution in [0.2, 0.25) is 5.02 Å². The fraction of sp³-hybridized carbons (Fsp3) is 0.294. The van der Waals surface area contributed by atoms with Gasteiger partial charge < -0.3 is 0 Å². The molecule has 0 aliphatic rings. The van der Waals surface area contributed by atoms with Gasteiger partial charge in [0.25, 0.3) is 10.0 Å². The molecule has 0 spiro atoms. The molecule has 1 N–H and O–H groups in total. The lowest BCUT2D eigenvalue weighted by atomic mass is 10.3. The molecule has 0 saturated carbocycles. The largest absolute Gasteiger partial charge is 0.280 e. The van der Waals surface area contributed by atoms with Gasteiger partial charge in [-0.25, -0.2) is 21.1 Å². The van der Waals surface area contributed by atoms with Gasteiger partial charge in [0.1, 0.15) is 0 Å². The van der Waals surface area contributed by atoms with E-state index < -0.39 is 20.0 Å². The number of benzene rings is 2. The lowest BCUT2D eigenvalue weighted by Gasteiger charge is -2.17. The van der Waals surface area contributed by atoms with Crippen molar-refractivity contribution in [3.8, 4) is 0 Å². The van der Waals surface area contributed by atoms with Gasteiger partial charge in [0.2, 0.25) is 10.0 Å². The van der Waals surface area contributed by atoms with Crippen LogP contribution in [0.25, 0.3) is 0 Å². The molecule has 2 rings (SSSR count). The molecule has 9 heteroatoms. The highest BCUT2D eigenvalue weighted by atomic mass is 35.5.